The van der Waals surface area contributed by atoms with E-state index in [-0.39, 0.29) is 41.7 Å². The van der Waals surface area contributed by atoms with Crippen LogP contribution in [0.15, 0.2) is 66.5 Å². The Balaban J connectivity index is 1.77. The highest BCUT2D eigenvalue weighted by Crippen LogP contribution is 2.50. The molecule has 216 valence electrons. The van der Waals surface area contributed by atoms with Crippen molar-refractivity contribution in [3.05, 3.63) is 87.7 Å². The Labute approximate surface area is 237 Å². The van der Waals surface area contributed by atoms with E-state index in [2.05, 4.69) is 4.98 Å². The Hall–Kier alpha value is -4.48. The summed E-state index contributed by atoms with van der Waals surface area (Å²) in [5.74, 6) is 0.297. The number of non-ortho nitro benzene ring substituents is 1. The van der Waals surface area contributed by atoms with Gasteiger partial charge in [0.15, 0.2) is 11.5 Å². The number of aromatic nitrogens is 1. The summed E-state index contributed by atoms with van der Waals surface area (Å²) in [6, 6.07) is 11.7. The number of aliphatic hydroxyl groups is 2. The van der Waals surface area contributed by atoms with Crippen LogP contribution >= 0.6 is 0 Å². The second-order valence-corrected chi connectivity index (χ2v) is 10.6. The fraction of sp³-hybridized carbons (Fsp3) is 0.333. The molecule has 2 aromatic carbocycles. The molecule has 0 bridgehead atoms. The van der Waals surface area contributed by atoms with Crippen molar-refractivity contribution in [1.29, 1.82) is 0 Å². The van der Waals surface area contributed by atoms with Gasteiger partial charge in [0.25, 0.3) is 5.69 Å². The number of nitrogens with zero attached hydrogens (tertiary/aromatic N) is 2. The van der Waals surface area contributed by atoms with Gasteiger partial charge in [-0.25, -0.2) is 4.79 Å². The average molecular weight is 565 g/mol. The van der Waals surface area contributed by atoms with Crippen LogP contribution in [0.1, 0.15) is 43.1 Å². The lowest BCUT2D eigenvalue weighted by Gasteiger charge is -2.46. The van der Waals surface area contributed by atoms with Crippen LogP contribution < -0.4 is 18.9 Å². The number of rotatable bonds is 9. The number of nitro benzene ring substituents is 1. The number of methoxy groups -OCH3 is 2. The molecule has 1 aliphatic rings. The van der Waals surface area contributed by atoms with E-state index < -0.39 is 28.0 Å². The third-order valence-corrected chi connectivity index (χ3v) is 7.11. The average Bonchev–Trinajstić information content (AvgIpc) is 2.94. The Morgan fingerprint density at radius 2 is 1.71 bits per heavy atom. The first-order chi connectivity index (χ1) is 19.4. The molecule has 0 radical (unpaired) electrons. The van der Waals surface area contributed by atoms with Crippen LogP contribution in [-0.2, 0) is 0 Å². The first-order valence-corrected chi connectivity index (χ1v) is 12.8. The standard InChI is InChI=1S/C30H32N2O9/c1-29(2)17-30(3,35)22(16-40-25-14-19(32(36)37)6-9-23(25)38-4)26(27(29)33)21-8-7-20(15-24(21)39-5)41-28(34)18-10-12-31-13-11-18/h6-15,27,33,35H,16-17H2,1-5H3. The van der Waals surface area contributed by atoms with Gasteiger partial charge in [-0.3, -0.25) is 15.1 Å². The molecule has 3 aromatic rings. The fourth-order valence-electron chi connectivity index (χ4n) is 5.13. The topological polar surface area (TPSA) is 150 Å². The van der Waals surface area contributed by atoms with Crippen LogP contribution in [0, 0.1) is 15.5 Å². The molecule has 4 rings (SSSR count). The van der Waals surface area contributed by atoms with Crippen LogP contribution in [0.25, 0.3) is 5.57 Å². The molecule has 1 aromatic heterocycles. The molecule has 11 nitrogen and oxygen atoms in total. The van der Waals surface area contributed by atoms with Crippen molar-refractivity contribution in [2.75, 3.05) is 20.8 Å². The van der Waals surface area contributed by atoms with Gasteiger partial charge in [-0.05, 0) is 54.7 Å². The van der Waals surface area contributed by atoms with E-state index in [1.807, 2.05) is 13.8 Å². The molecule has 1 aliphatic carbocycles. The number of nitro groups is 1. The van der Waals surface area contributed by atoms with Crippen molar-refractivity contribution in [1.82, 2.24) is 4.98 Å². The summed E-state index contributed by atoms with van der Waals surface area (Å²) in [7, 11) is 2.85. The number of hydrogen-bond donors (Lipinski definition) is 2. The summed E-state index contributed by atoms with van der Waals surface area (Å²) in [5, 5.41) is 34.5. The van der Waals surface area contributed by atoms with Crippen molar-refractivity contribution < 1.29 is 38.9 Å². The summed E-state index contributed by atoms with van der Waals surface area (Å²) in [5.41, 5.74) is -0.849. The van der Waals surface area contributed by atoms with E-state index in [9.17, 15) is 25.1 Å². The van der Waals surface area contributed by atoms with Crippen LogP contribution in [0.3, 0.4) is 0 Å². The molecule has 11 heteroatoms. The zero-order chi connectivity index (χ0) is 29.9. The monoisotopic (exact) mass is 564 g/mol. The molecule has 0 saturated heterocycles. The second-order valence-electron chi connectivity index (χ2n) is 10.6. The van der Waals surface area contributed by atoms with Gasteiger partial charge in [-0.1, -0.05) is 13.8 Å². The van der Waals surface area contributed by atoms with E-state index in [1.165, 1.54) is 63.0 Å². The quantitative estimate of drug-likeness (QED) is 0.163. The fourth-order valence-corrected chi connectivity index (χ4v) is 5.13. The van der Waals surface area contributed by atoms with Gasteiger partial charge >= 0.3 is 5.97 Å². The Morgan fingerprint density at radius 1 is 1.02 bits per heavy atom. The molecule has 1 heterocycles. The van der Waals surface area contributed by atoms with E-state index >= 15 is 0 Å². The van der Waals surface area contributed by atoms with Gasteiger partial charge in [0, 0.05) is 35.7 Å². The van der Waals surface area contributed by atoms with Crippen molar-refractivity contribution in [2.24, 2.45) is 5.41 Å². The normalized spacial score (nSPS) is 19.8. The lowest BCUT2D eigenvalue weighted by atomic mass is 9.64. The summed E-state index contributed by atoms with van der Waals surface area (Å²) in [6.07, 6.45) is 2.13. The Kier molecular flexibility index (Phi) is 8.32. The van der Waals surface area contributed by atoms with Gasteiger partial charge < -0.3 is 29.2 Å². The number of carbonyl (C=O) groups excluding carboxylic acids is 1. The summed E-state index contributed by atoms with van der Waals surface area (Å²) < 4.78 is 22.4. The molecule has 0 fully saturated rings. The maximum Gasteiger partial charge on any atom is 0.343 e. The summed E-state index contributed by atoms with van der Waals surface area (Å²) in [4.78, 5) is 27.3. The lowest BCUT2D eigenvalue weighted by Crippen LogP contribution is -2.47. The van der Waals surface area contributed by atoms with Crippen molar-refractivity contribution in [2.45, 2.75) is 38.9 Å². The molecule has 0 aliphatic heterocycles. The zero-order valence-corrected chi connectivity index (χ0v) is 23.4. The smallest absolute Gasteiger partial charge is 0.343 e. The maximum atomic E-state index is 12.6. The van der Waals surface area contributed by atoms with Crippen LogP contribution in [0.5, 0.6) is 23.0 Å². The van der Waals surface area contributed by atoms with Crippen molar-refractivity contribution in [3.8, 4) is 23.0 Å². The minimum Gasteiger partial charge on any atom is -0.496 e. The number of ether oxygens (including phenoxy) is 4. The van der Waals surface area contributed by atoms with Crippen LogP contribution in [-0.4, -0.2) is 58.6 Å². The number of hydrogen-bond acceptors (Lipinski definition) is 10. The predicted molar refractivity (Wildman–Crippen MR) is 149 cm³/mol. The number of benzene rings is 2. The lowest BCUT2D eigenvalue weighted by molar-refractivity contribution is -0.385. The molecular weight excluding hydrogens is 532 g/mol. The summed E-state index contributed by atoms with van der Waals surface area (Å²) >= 11 is 0. The first-order valence-electron chi connectivity index (χ1n) is 12.8. The van der Waals surface area contributed by atoms with Gasteiger partial charge in [0.05, 0.1) is 42.5 Å². The highest BCUT2D eigenvalue weighted by molar-refractivity contribution is 5.91. The maximum absolute atomic E-state index is 12.6. The molecule has 2 unspecified atom stereocenters. The first kappa shape index (κ1) is 29.5. The van der Waals surface area contributed by atoms with E-state index in [4.69, 9.17) is 18.9 Å². The van der Waals surface area contributed by atoms with Gasteiger partial charge in [0.1, 0.15) is 18.1 Å². The Bertz CT molecular complexity index is 1480. The third kappa shape index (κ3) is 6.16. The highest BCUT2D eigenvalue weighted by Gasteiger charge is 2.47. The SMILES string of the molecule is COc1ccc([N+](=O)[O-])cc1OCC1=C(c2ccc(OC(=O)c3ccncc3)cc2OC)C(O)C(C)(C)CC1(C)O. The number of esters is 1. The minimum absolute atomic E-state index is 0.106. The molecule has 2 atom stereocenters. The Morgan fingerprint density at radius 3 is 2.34 bits per heavy atom. The third-order valence-electron chi connectivity index (χ3n) is 7.11. The molecular formula is C30H32N2O9. The van der Waals surface area contributed by atoms with Gasteiger partial charge in [0.2, 0.25) is 0 Å². The summed E-state index contributed by atoms with van der Waals surface area (Å²) in [6.45, 7) is 5.09. The number of aliphatic hydroxyl groups excluding tert-OH is 1. The van der Waals surface area contributed by atoms with Crippen LogP contribution in [0.2, 0.25) is 0 Å². The van der Waals surface area contributed by atoms with Crippen molar-refractivity contribution in [3.63, 3.8) is 0 Å². The van der Waals surface area contributed by atoms with E-state index in [0.717, 1.165) is 0 Å². The predicted octanol–water partition coefficient (Wildman–Crippen LogP) is 4.60. The number of pyridine rings is 1. The van der Waals surface area contributed by atoms with Gasteiger partial charge in [-0.2, -0.15) is 0 Å². The highest BCUT2D eigenvalue weighted by atomic mass is 16.6. The van der Waals surface area contributed by atoms with E-state index in [1.54, 1.807) is 19.1 Å². The second kappa shape index (κ2) is 11.6. The van der Waals surface area contributed by atoms with Crippen LogP contribution in [0.4, 0.5) is 5.69 Å². The molecule has 0 amide bonds. The largest absolute Gasteiger partial charge is 0.496 e. The van der Waals surface area contributed by atoms with Gasteiger partial charge in [-0.15, -0.1) is 0 Å². The molecule has 0 spiro atoms. The molecule has 2 N–H and O–H groups in total. The van der Waals surface area contributed by atoms with Crippen molar-refractivity contribution >= 4 is 17.2 Å². The minimum atomic E-state index is -1.43. The molecule has 0 saturated carbocycles. The zero-order valence-electron chi connectivity index (χ0n) is 23.4. The number of carbonyl (C=O) groups is 1. The van der Waals surface area contributed by atoms with E-state index in [0.29, 0.717) is 22.3 Å². The molecule has 41 heavy (non-hydrogen) atoms.